The van der Waals surface area contributed by atoms with Crippen LogP contribution in [0.15, 0.2) is 53.0 Å². The average Bonchev–Trinajstić information content (AvgIpc) is 2.48. The Hall–Kier alpha value is -1.78. The lowest BCUT2D eigenvalue weighted by molar-refractivity contribution is 0.594. The number of para-hydroxylation sites is 1. The summed E-state index contributed by atoms with van der Waals surface area (Å²) >= 11 is 3.21. The molecule has 0 saturated carbocycles. The number of benzene rings is 2. The van der Waals surface area contributed by atoms with Gasteiger partial charge in [0.2, 0.25) is 0 Å². The van der Waals surface area contributed by atoms with Crippen molar-refractivity contribution in [2.75, 3.05) is 0 Å². The lowest BCUT2D eigenvalue weighted by Crippen LogP contribution is -2.15. The Morgan fingerprint density at radius 1 is 1.10 bits per heavy atom. The molecule has 106 valence electrons. The number of fused-ring (bicyclic) bond motifs is 1. The molecule has 0 fully saturated rings. The number of hydrogen-bond donors (Lipinski definition) is 1. The van der Waals surface area contributed by atoms with Crippen molar-refractivity contribution in [2.24, 2.45) is 5.73 Å². The van der Waals surface area contributed by atoms with Crippen LogP contribution in [0.1, 0.15) is 22.9 Å². The van der Waals surface area contributed by atoms with E-state index in [2.05, 4.69) is 20.9 Å². The third kappa shape index (κ3) is 2.57. The van der Waals surface area contributed by atoms with E-state index in [-0.39, 0.29) is 5.82 Å². The van der Waals surface area contributed by atoms with Crippen molar-refractivity contribution in [3.8, 4) is 0 Å². The Kier molecular flexibility index (Phi) is 3.74. The van der Waals surface area contributed by atoms with Crippen LogP contribution in [0.4, 0.5) is 4.39 Å². The zero-order valence-corrected chi connectivity index (χ0v) is 13.1. The van der Waals surface area contributed by atoms with Gasteiger partial charge in [-0.2, -0.15) is 0 Å². The fourth-order valence-corrected chi connectivity index (χ4v) is 2.91. The predicted octanol–water partition coefficient (Wildman–Crippen LogP) is 4.49. The highest BCUT2D eigenvalue weighted by Gasteiger charge is 2.18. The van der Waals surface area contributed by atoms with Crippen molar-refractivity contribution in [3.63, 3.8) is 0 Å². The molecule has 21 heavy (non-hydrogen) atoms. The van der Waals surface area contributed by atoms with Crippen LogP contribution in [0.25, 0.3) is 10.9 Å². The van der Waals surface area contributed by atoms with Gasteiger partial charge in [0.25, 0.3) is 0 Å². The van der Waals surface area contributed by atoms with Crippen LogP contribution in [0.3, 0.4) is 0 Å². The molecule has 3 aromatic rings. The maximum Gasteiger partial charge on any atom is 0.142 e. The second-order valence-electron chi connectivity index (χ2n) is 4.99. The van der Waals surface area contributed by atoms with Gasteiger partial charge in [-0.25, -0.2) is 4.39 Å². The van der Waals surface area contributed by atoms with Gasteiger partial charge in [-0.3, -0.25) is 4.98 Å². The Balaban J connectivity index is 2.22. The summed E-state index contributed by atoms with van der Waals surface area (Å²) in [4.78, 5) is 4.49. The van der Waals surface area contributed by atoms with Gasteiger partial charge in [-0.05, 0) is 46.6 Å². The first-order valence-electron chi connectivity index (χ1n) is 6.63. The minimum Gasteiger partial charge on any atom is -0.320 e. The fraction of sp³-hybridized carbons (Fsp3) is 0.118. The van der Waals surface area contributed by atoms with Crippen LogP contribution in [0.2, 0.25) is 0 Å². The molecule has 0 amide bonds. The van der Waals surface area contributed by atoms with Crippen LogP contribution in [0.5, 0.6) is 0 Å². The van der Waals surface area contributed by atoms with E-state index in [1.54, 1.807) is 18.2 Å². The highest BCUT2D eigenvalue weighted by Crippen LogP contribution is 2.30. The second-order valence-corrected chi connectivity index (χ2v) is 5.85. The van der Waals surface area contributed by atoms with Crippen molar-refractivity contribution >= 4 is 26.8 Å². The summed E-state index contributed by atoms with van der Waals surface area (Å²) in [5.74, 6) is -0.316. The number of aryl methyl sites for hydroxylation is 1. The van der Waals surface area contributed by atoms with Crippen molar-refractivity contribution in [3.05, 3.63) is 75.6 Å². The van der Waals surface area contributed by atoms with E-state index < -0.39 is 6.04 Å². The van der Waals surface area contributed by atoms with E-state index in [9.17, 15) is 4.39 Å². The Bertz CT molecular complexity index is 817. The molecule has 1 heterocycles. The number of hydrogen-bond acceptors (Lipinski definition) is 2. The smallest absolute Gasteiger partial charge is 0.142 e. The lowest BCUT2D eigenvalue weighted by atomic mass is 9.95. The van der Waals surface area contributed by atoms with Gasteiger partial charge < -0.3 is 5.73 Å². The average molecular weight is 345 g/mol. The molecular formula is C17H14BrFN2. The molecule has 4 heteroatoms. The molecule has 2 nitrogen and oxygen atoms in total. The summed E-state index contributed by atoms with van der Waals surface area (Å²) in [6.45, 7) is 1.92. The number of nitrogens with zero attached hydrogens (tertiary/aromatic N) is 1. The summed E-state index contributed by atoms with van der Waals surface area (Å²) < 4.78 is 14.7. The van der Waals surface area contributed by atoms with E-state index in [4.69, 9.17) is 5.73 Å². The van der Waals surface area contributed by atoms with Crippen molar-refractivity contribution in [1.29, 1.82) is 0 Å². The van der Waals surface area contributed by atoms with Crippen LogP contribution in [-0.2, 0) is 0 Å². The normalized spacial score (nSPS) is 12.6. The predicted molar refractivity (Wildman–Crippen MR) is 86.6 cm³/mol. The highest BCUT2D eigenvalue weighted by atomic mass is 79.9. The topological polar surface area (TPSA) is 38.9 Å². The Labute approximate surface area is 130 Å². The van der Waals surface area contributed by atoms with Gasteiger partial charge in [-0.1, -0.05) is 30.3 Å². The van der Waals surface area contributed by atoms with E-state index in [1.165, 1.54) is 0 Å². The number of pyridine rings is 1. The molecule has 0 aliphatic heterocycles. The standard InChI is InChI=1S/C17H14BrFN2/c1-10-9-13(11-5-2-3-8-15(11)21-10)17(20)12-6-4-7-14(18)16(12)19/h2-9,17H,20H2,1H3. The van der Waals surface area contributed by atoms with Gasteiger partial charge in [0.05, 0.1) is 16.0 Å². The fourth-order valence-electron chi connectivity index (χ4n) is 2.53. The maximum atomic E-state index is 14.3. The lowest BCUT2D eigenvalue weighted by Gasteiger charge is -2.17. The summed E-state index contributed by atoms with van der Waals surface area (Å²) in [5, 5.41) is 0.954. The van der Waals surface area contributed by atoms with Crippen molar-refractivity contribution < 1.29 is 4.39 Å². The maximum absolute atomic E-state index is 14.3. The molecule has 2 N–H and O–H groups in total. The molecule has 2 aromatic carbocycles. The summed E-state index contributed by atoms with van der Waals surface area (Å²) in [7, 11) is 0. The van der Waals surface area contributed by atoms with E-state index in [0.717, 1.165) is 22.2 Å². The number of halogens is 2. The third-order valence-corrected chi connectivity index (χ3v) is 4.14. The minimum atomic E-state index is -0.533. The highest BCUT2D eigenvalue weighted by molar-refractivity contribution is 9.10. The van der Waals surface area contributed by atoms with Gasteiger partial charge in [0, 0.05) is 16.6 Å². The molecule has 0 bridgehead atoms. The molecule has 0 aliphatic rings. The summed E-state index contributed by atoms with van der Waals surface area (Å²) in [6, 6.07) is 14.3. The SMILES string of the molecule is Cc1cc(C(N)c2cccc(Br)c2F)c2ccccc2n1. The number of nitrogens with two attached hydrogens (primary N) is 1. The van der Waals surface area contributed by atoms with Gasteiger partial charge in [-0.15, -0.1) is 0 Å². The molecule has 0 radical (unpaired) electrons. The van der Waals surface area contributed by atoms with E-state index >= 15 is 0 Å². The molecular weight excluding hydrogens is 331 g/mol. The van der Waals surface area contributed by atoms with Crippen molar-refractivity contribution in [1.82, 2.24) is 4.98 Å². The second kappa shape index (κ2) is 5.54. The molecule has 0 saturated heterocycles. The zero-order chi connectivity index (χ0) is 15.0. The first-order chi connectivity index (χ1) is 10.1. The quantitative estimate of drug-likeness (QED) is 0.743. The minimum absolute atomic E-state index is 0.316. The first-order valence-corrected chi connectivity index (χ1v) is 7.43. The molecule has 1 unspecified atom stereocenters. The molecule has 0 spiro atoms. The zero-order valence-electron chi connectivity index (χ0n) is 11.5. The van der Waals surface area contributed by atoms with Crippen molar-refractivity contribution in [2.45, 2.75) is 13.0 Å². The van der Waals surface area contributed by atoms with E-state index in [0.29, 0.717) is 10.0 Å². The molecule has 1 atom stereocenters. The summed E-state index contributed by atoms with van der Waals surface area (Å²) in [5.41, 5.74) is 9.43. The summed E-state index contributed by atoms with van der Waals surface area (Å²) in [6.07, 6.45) is 0. The molecule has 1 aromatic heterocycles. The van der Waals surface area contributed by atoms with Gasteiger partial charge >= 0.3 is 0 Å². The largest absolute Gasteiger partial charge is 0.320 e. The van der Waals surface area contributed by atoms with Gasteiger partial charge in [0.15, 0.2) is 0 Å². The van der Waals surface area contributed by atoms with Crippen LogP contribution in [0, 0.1) is 12.7 Å². The molecule has 0 aliphatic carbocycles. The Morgan fingerprint density at radius 3 is 2.67 bits per heavy atom. The number of rotatable bonds is 2. The Morgan fingerprint density at radius 2 is 1.86 bits per heavy atom. The monoisotopic (exact) mass is 344 g/mol. The van der Waals surface area contributed by atoms with Crippen LogP contribution >= 0.6 is 15.9 Å². The number of aromatic nitrogens is 1. The van der Waals surface area contributed by atoms with Crippen LogP contribution < -0.4 is 5.73 Å². The van der Waals surface area contributed by atoms with Crippen LogP contribution in [-0.4, -0.2) is 4.98 Å². The van der Waals surface area contributed by atoms with E-state index in [1.807, 2.05) is 37.3 Å². The van der Waals surface area contributed by atoms with Gasteiger partial charge in [0.1, 0.15) is 5.82 Å². The molecule has 3 rings (SSSR count). The first kappa shape index (κ1) is 14.2. The third-order valence-electron chi connectivity index (χ3n) is 3.53.